The molecule has 2 aromatic rings. The quantitative estimate of drug-likeness (QED) is 0.945. The van der Waals surface area contributed by atoms with Gasteiger partial charge in [0, 0.05) is 49.7 Å². The molecule has 122 valence electrons. The number of benzene rings is 1. The summed E-state index contributed by atoms with van der Waals surface area (Å²) >= 11 is 0. The van der Waals surface area contributed by atoms with E-state index in [-0.39, 0.29) is 11.8 Å². The zero-order chi connectivity index (χ0) is 16.4. The highest BCUT2D eigenvalue weighted by molar-refractivity contribution is 6.07. The molecule has 1 saturated heterocycles. The largest absolute Gasteiger partial charge is 0.354 e. The van der Waals surface area contributed by atoms with Gasteiger partial charge in [0.15, 0.2) is 0 Å². The maximum atomic E-state index is 12.9. The summed E-state index contributed by atoms with van der Waals surface area (Å²) in [6.45, 7) is 6.79. The second-order valence-electron chi connectivity index (χ2n) is 6.50. The minimum absolute atomic E-state index is 0.0141. The van der Waals surface area contributed by atoms with Gasteiger partial charge in [-0.05, 0) is 12.0 Å². The van der Waals surface area contributed by atoms with Gasteiger partial charge in [0.2, 0.25) is 5.91 Å². The first kappa shape index (κ1) is 15.6. The lowest BCUT2D eigenvalue weighted by Gasteiger charge is -2.19. The highest BCUT2D eigenvalue weighted by atomic mass is 16.2. The Kier molecular flexibility index (Phi) is 4.37. The third-order valence-electron chi connectivity index (χ3n) is 4.18. The van der Waals surface area contributed by atoms with Crippen molar-refractivity contribution < 1.29 is 9.59 Å². The van der Waals surface area contributed by atoms with Gasteiger partial charge in [-0.15, -0.1) is 0 Å². The van der Waals surface area contributed by atoms with Crippen LogP contribution in [0.3, 0.4) is 0 Å². The summed E-state index contributed by atoms with van der Waals surface area (Å²) in [6.07, 6.45) is 2.34. The molecule has 0 spiro atoms. The van der Waals surface area contributed by atoms with Crippen molar-refractivity contribution in [2.75, 3.05) is 19.6 Å². The van der Waals surface area contributed by atoms with Gasteiger partial charge in [-0.3, -0.25) is 9.59 Å². The fraction of sp³-hybridized carbons (Fsp3) is 0.444. The second kappa shape index (κ2) is 6.44. The van der Waals surface area contributed by atoms with Crippen LogP contribution in [0, 0.1) is 5.92 Å². The molecule has 1 aliphatic rings. The monoisotopic (exact) mass is 313 g/mol. The van der Waals surface area contributed by atoms with Crippen LogP contribution in [0.25, 0.3) is 10.9 Å². The number of rotatable bonds is 3. The Balaban J connectivity index is 1.95. The van der Waals surface area contributed by atoms with Crippen LogP contribution in [0.1, 0.15) is 30.6 Å². The summed E-state index contributed by atoms with van der Waals surface area (Å²) in [4.78, 5) is 26.2. The van der Waals surface area contributed by atoms with Crippen molar-refractivity contribution in [2.24, 2.45) is 5.92 Å². The second-order valence-corrected chi connectivity index (χ2v) is 6.50. The summed E-state index contributed by atoms with van der Waals surface area (Å²) in [5.41, 5.74) is 1.82. The Morgan fingerprint density at radius 1 is 1.26 bits per heavy atom. The van der Waals surface area contributed by atoms with Crippen molar-refractivity contribution in [3.63, 3.8) is 0 Å². The standard InChI is InChI=1S/C18H23N3O2/c1-13(2)11-21-12-15(14-5-3-4-6-16(14)21)18(23)20-9-7-17(22)19-8-10-20/h3-6,12-13H,7-11H2,1-2H3,(H,19,22). The van der Waals surface area contributed by atoms with Crippen LogP contribution in [-0.2, 0) is 11.3 Å². The zero-order valence-corrected chi connectivity index (χ0v) is 13.7. The number of hydrogen-bond donors (Lipinski definition) is 1. The molecule has 5 heteroatoms. The van der Waals surface area contributed by atoms with Gasteiger partial charge >= 0.3 is 0 Å². The topological polar surface area (TPSA) is 54.3 Å². The predicted octanol–water partition coefficient (Wildman–Crippen LogP) is 2.26. The Labute approximate surface area is 136 Å². The Morgan fingerprint density at radius 2 is 2.04 bits per heavy atom. The lowest BCUT2D eigenvalue weighted by atomic mass is 10.1. The van der Waals surface area contributed by atoms with E-state index in [1.165, 1.54) is 0 Å². The summed E-state index contributed by atoms with van der Waals surface area (Å²) in [6, 6.07) is 8.02. The number of fused-ring (bicyclic) bond motifs is 1. The molecule has 0 bridgehead atoms. The SMILES string of the molecule is CC(C)Cn1cc(C(=O)N2CCNC(=O)CC2)c2ccccc21. The van der Waals surface area contributed by atoms with Gasteiger partial charge in [0.25, 0.3) is 5.91 Å². The number of para-hydroxylation sites is 1. The van der Waals surface area contributed by atoms with Crippen LogP contribution in [0.2, 0.25) is 0 Å². The van der Waals surface area contributed by atoms with E-state index in [4.69, 9.17) is 0 Å². The van der Waals surface area contributed by atoms with Crippen LogP contribution in [-0.4, -0.2) is 40.9 Å². The minimum Gasteiger partial charge on any atom is -0.354 e. The minimum atomic E-state index is 0.0141. The van der Waals surface area contributed by atoms with Gasteiger partial charge in [0.1, 0.15) is 0 Å². The van der Waals surface area contributed by atoms with Crippen LogP contribution >= 0.6 is 0 Å². The fourth-order valence-corrected chi connectivity index (χ4v) is 3.10. The van der Waals surface area contributed by atoms with Gasteiger partial charge in [-0.25, -0.2) is 0 Å². The van der Waals surface area contributed by atoms with Crippen LogP contribution < -0.4 is 5.32 Å². The molecule has 0 saturated carbocycles. The van der Waals surface area contributed by atoms with Crippen LogP contribution in [0.5, 0.6) is 0 Å². The normalized spacial score (nSPS) is 15.8. The smallest absolute Gasteiger partial charge is 0.256 e. The van der Waals surface area contributed by atoms with Crippen molar-refractivity contribution in [1.82, 2.24) is 14.8 Å². The van der Waals surface area contributed by atoms with E-state index in [2.05, 4.69) is 29.8 Å². The number of amides is 2. The van der Waals surface area contributed by atoms with E-state index in [0.29, 0.717) is 32.0 Å². The molecule has 2 heterocycles. The summed E-state index contributed by atoms with van der Waals surface area (Å²) in [5, 5.41) is 3.80. The molecule has 0 aliphatic carbocycles. The predicted molar refractivity (Wildman–Crippen MR) is 90.3 cm³/mol. The lowest BCUT2D eigenvalue weighted by Crippen LogP contribution is -2.34. The maximum Gasteiger partial charge on any atom is 0.256 e. The van der Waals surface area contributed by atoms with Gasteiger partial charge < -0.3 is 14.8 Å². The number of carbonyl (C=O) groups excluding carboxylic acids is 2. The van der Waals surface area contributed by atoms with E-state index in [9.17, 15) is 9.59 Å². The molecular formula is C18H23N3O2. The highest BCUT2D eigenvalue weighted by Gasteiger charge is 2.23. The average Bonchev–Trinajstić information content (AvgIpc) is 2.73. The molecule has 2 amide bonds. The lowest BCUT2D eigenvalue weighted by molar-refractivity contribution is -0.120. The number of hydrogen-bond acceptors (Lipinski definition) is 2. The van der Waals surface area contributed by atoms with Gasteiger partial charge in [-0.1, -0.05) is 32.0 Å². The van der Waals surface area contributed by atoms with E-state index in [1.54, 1.807) is 4.90 Å². The molecular weight excluding hydrogens is 290 g/mol. The molecule has 1 aromatic carbocycles. The van der Waals surface area contributed by atoms with Crippen molar-refractivity contribution >= 4 is 22.7 Å². The van der Waals surface area contributed by atoms with Crippen molar-refractivity contribution in [3.8, 4) is 0 Å². The summed E-state index contributed by atoms with van der Waals surface area (Å²) in [5.74, 6) is 0.538. The molecule has 1 N–H and O–H groups in total. The third kappa shape index (κ3) is 3.23. The summed E-state index contributed by atoms with van der Waals surface area (Å²) in [7, 11) is 0. The van der Waals surface area contributed by atoms with E-state index >= 15 is 0 Å². The Morgan fingerprint density at radius 3 is 2.83 bits per heavy atom. The third-order valence-corrected chi connectivity index (χ3v) is 4.18. The fourth-order valence-electron chi connectivity index (χ4n) is 3.10. The Bertz CT molecular complexity index is 733. The molecule has 0 radical (unpaired) electrons. The highest BCUT2D eigenvalue weighted by Crippen LogP contribution is 2.24. The van der Waals surface area contributed by atoms with Crippen molar-refractivity contribution in [2.45, 2.75) is 26.8 Å². The van der Waals surface area contributed by atoms with Crippen LogP contribution in [0.15, 0.2) is 30.5 Å². The first-order valence-corrected chi connectivity index (χ1v) is 8.20. The van der Waals surface area contributed by atoms with Crippen LogP contribution in [0.4, 0.5) is 0 Å². The maximum absolute atomic E-state index is 12.9. The average molecular weight is 313 g/mol. The van der Waals surface area contributed by atoms with Gasteiger partial charge in [-0.2, -0.15) is 0 Å². The number of nitrogens with one attached hydrogen (secondary N) is 1. The number of aromatic nitrogens is 1. The first-order chi connectivity index (χ1) is 11.1. The van der Waals surface area contributed by atoms with Gasteiger partial charge in [0.05, 0.1) is 5.56 Å². The van der Waals surface area contributed by atoms with E-state index in [1.807, 2.05) is 24.4 Å². The zero-order valence-electron chi connectivity index (χ0n) is 13.7. The molecule has 0 unspecified atom stereocenters. The number of carbonyl (C=O) groups is 2. The number of nitrogens with zero attached hydrogens (tertiary/aromatic N) is 2. The van der Waals surface area contributed by atoms with E-state index in [0.717, 1.165) is 23.0 Å². The molecule has 0 atom stereocenters. The van der Waals surface area contributed by atoms with Crippen molar-refractivity contribution in [3.05, 3.63) is 36.0 Å². The molecule has 1 aromatic heterocycles. The molecule has 23 heavy (non-hydrogen) atoms. The molecule has 1 aliphatic heterocycles. The Hall–Kier alpha value is -2.30. The molecule has 3 rings (SSSR count). The first-order valence-electron chi connectivity index (χ1n) is 8.20. The summed E-state index contributed by atoms with van der Waals surface area (Å²) < 4.78 is 2.16. The molecule has 5 nitrogen and oxygen atoms in total. The van der Waals surface area contributed by atoms with E-state index < -0.39 is 0 Å². The van der Waals surface area contributed by atoms with Crippen molar-refractivity contribution in [1.29, 1.82) is 0 Å². The molecule has 1 fully saturated rings.